The van der Waals surface area contributed by atoms with Gasteiger partial charge in [-0.05, 0) is 83.5 Å². The molecule has 1 rings (SSSR count). The molecule has 350 valence electrons. The van der Waals surface area contributed by atoms with E-state index in [0.29, 0.717) is 12.8 Å². The minimum Gasteiger partial charge on any atom is -0.462 e. The number of hydrogen-bond donors (Lipinski definition) is 6. The molecule has 1 fully saturated rings. The molecular formula is C47H79O13P. The van der Waals surface area contributed by atoms with E-state index < -0.39 is 75.7 Å². The van der Waals surface area contributed by atoms with Crippen molar-refractivity contribution in [2.45, 2.75) is 198 Å². The van der Waals surface area contributed by atoms with Crippen LogP contribution in [0.2, 0.25) is 0 Å². The van der Waals surface area contributed by atoms with Gasteiger partial charge in [-0.15, -0.1) is 0 Å². The van der Waals surface area contributed by atoms with Gasteiger partial charge in [-0.1, -0.05) is 132 Å². The highest BCUT2D eigenvalue weighted by Gasteiger charge is 2.51. The topological polar surface area (TPSA) is 210 Å². The number of esters is 2. The summed E-state index contributed by atoms with van der Waals surface area (Å²) in [5.41, 5.74) is 0. The SMILES string of the molecule is CC/C=C/C/C=C/C/C=C/C/C=C/C/C=C/CCCCCC(=O)O[C@H](COC(=O)CCCCCCC/C=C/CCCCCC)COP(=O)(O)OC1C(O)C(O)C(O)[C@H](O)C1O. The van der Waals surface area contributed by atoms with Crippen LogP contribution in [-0.4, -0.2) is 98.3 Å². The first-order chi connectivity index (χ1) is 29.4. The fraction of sp³-hybridized carbons (Fsp3) is 0.702. The summed E-state index contributed by atoms with van der Waals surface area (Å²) < 4.78 is 33.5. The Morgan fingerprint density at radius 3 is 1.46 bits per heavy atom. The quantitative estimate of drug-likeness (QED) is 0.0151. The monoisotopic (exact) mass is 883 g/mol. The average Bonchev–Trinajstić information content (AvgIpc) is 3.24. The number of hydrogen-bond acceptors (Lipinski definition) is 12. The van der Waals surface area contributed by atoms with Crippen LogP contribution in [0.5, 0.6) is 0 Å². The normalized spacial score (nSPS) is 22.7. The van der Waals surface area contributed by atoms with Crippen LogP contribution in [0, 0.1) is 0 Å². The summed E-state index contributed by atoms with van der Waals surface area (Å²) in [6.45, 7) is 3.12. The third-order valence-corrected chi connectivity index (χ3v) is 11.0. The minimum atomic E-state index is -5.13. The average molecular weight is 883 g/mol. The van der Waals surface area contributed by atoms with Gasteiger partial charge in [0.2, 0.25) is 0 Å². The standard InChI is InChI=1S/C47H79O13P/c1-3-5-7-9-11-13-15-17-18-19-20-21-22-24-26-28-30-32-34-36-41(49)59-39(38-58-61(55,56)60-47-45(53)43(51)42(50)44(52)46(47)54)37-57-40(48)35-33-31-29-27-25-23-16-14-12-10-8-6-4-2/h5,7,11,13-14,16-18,20-21,24,26,39,42-47,50-54H,3-4,6,8-10,12,15,19,22-23,25,27-38H2,1-2H3,(H,55,56)/b7-5+,13-11+,16-14+,18-17+,21-20+,26-24+/t39-,42?,43+,44?,45?,46?,47?/m1/s1. The smallest absolute Gasteiger partial charge is 0.462 e. The maximum Gasteiger partial charge on any atom is 0.472 e. The lowest BCUT2D eigenvalue weighted by atomic mass is 9.85. The Morgan fingerprint density at radius 1 is 0.525 bits per heavy atom. The number of rotatable bonds is 36. The first-order valence-corrected chi connectivity index (χ1v) is 24.2. The third-order valence-electron chi connectivity index (χ3n) is 10.0. The molecule has 1 aliphatic rings. The summed E-state index contributed by atoms with van der Waals surface area (Å²) in [5.74, 6) is -1.15. The van der Waals surface area contributed by atoms with E-state index in [2.05, 4.69) is 86.8 Å². The second kappa shape index (κ2) is 36.7. The Balaban J connectivity index is 2.51. The van der Waals surface area contributed by atoms with Crippen molar-refractivity contribution in [1.29, 1.82) is 0 Å². The van der Waals surface area contributed by atoms with Gasteiger partial charge in [0.25, 0.3) is 0 Å². The van der Waals surface area contributed by atoms with Gasteiger partial charge < -0.3 is 39.9 Å². The van der Waals surface area contributed by atoms with Crippen molar-refractivity contribution in [3.05, 3.63) is 72.9 Å². The van der Waals surface area contributed by atoms with Gasteiger partial charge in [-0.2, -0.15) is 0 Å². The molecule has 0 radical (unpaired) electrons. The van der Waals surface area contributed by atoms with E-state index >= 15 is 0 Å². The van der Waals surface area contributed by atoms with E-state index in [9.17, 15) is 44.6 Å². The van der Waals surface area contributed by atoms with Crippen LogP contribution in [0.15, 0.2) is 72.9 Å². The van der Waals surface area contributed by atoms with Gasteiger partial charge >= 0.3 is 19.8 Å². The Hall–Kier alpha value is -2.71. The maximum absolute atomic E-state index is 12.8. The second-order valence-corrected chi connectivity index (χ2v) is 16.9. The lowest BCUT2D eigenvalue weighted by molar-refractivity contribution is -0.220. The molecule has 0 heterocycles. The lowest BCUT2D eigenvalue weighted by Crippen LogP contribution is -2.64. The summed E-state index contributed by atoms with van der Waals surface area (Å²) in [7, 11) is -5.13. The molecule has 13 nitrogen and oxygen atoms in total. The third kappa shape index (κ3) is 29.3. The Morgan fingerprint density at radius 2 is 0.934 bits per heavy atom. The fourth-order valence-electron chi connectivity index (χ4n) is 6.37. The molecule has 1 saturated carbocycles. The number of aliphatic hydroxyl groups excluding tert-OH is 5. The molecule has 0 amide bonds. The van der Waals surface area contributed by atoms with Crippen molar-refractivity contribution in [3.63, 3.8) is 0 Å². The summed E-state index contributed by atoms with van der Waals surface area (Å²) >= 11 is 0. The van der Waals surface area contributed by atoms with Crippen LogP contribution in [0.4, 0.5) is 0 Å². The largest absolute Gasteiger partial charge is 0.472 e. The summed E-state index contributed by atoms with van der Waals surface area (Å²) in [5, 5.41) is 50.1. The zero-order valence-corrected chi connectivity index (χ0v) is 37.8. The van der Waals surface area contributed by atoms with Gasteiger partial charge in [0.15, 0.2) is 6.10 Å². The zero-order chi connectivity index (χ0) is 45.0. The van der Waals surface area contributed by atoms with E-state index in [0.717, 1.165) is 89.9 Å². The van der Waals surface area contributed by atoms with E-state index in [1.54, 1.807) is 0 Å². The molecule has 1 aliphatic carbocycles. The van der Waals surface area contributed by atoms with Gasteiger partial charge in [0.05, 0.1) is 6.61 Å². The van der Waals surface area contributed by atoms with Gasteiger partial charge in [0, 0.05) is 12.8 Å². The van der Waals surface area contributed by atoms with E-state index in [-0.39, 0.29) is 12.8 Å². The molecule has 6 unspecified atom stereocenters. The molecule has 14 heteroatoms. The highest BCUT2D eigenvalue weighted by atomic mass is 31.2. The van der Waals surface area contributed by atoms with E-state index in [1.807, 2.05) is 0 Å². The highest BCUT2D eigenvalue weighted by Crippen LogP contribution is 2.47. The number of unbranched alkanes of at least 4 members (excludes halogenated alkanes) is 12. The van der Waals surface area contributed by atoms with Gasteiger partial charge in [0.1, 0.15) is 43.2 Å². The molecule has 0 aliphatic heterocycles. The number of ether oxygens (including phenoxy) is 2. The predicted molar refractivity (Wildman–Crippen MR) is 239 cm³/mol. The maximum atomic E-state index is 12.8. The number of phosphoric ester groups is 1. The van der Waals surface area contributed by atoms with Crippen molar-refractivity contribution in [2.24, 2.45) is 0 Å². The number of allylic oxidation sites excluding steroid dienone is 12. The van der Waals surface area contributed by atoms with Gasteiger partial charge in [-0.3, -0.25) is 18.6 Å². The van der Waals surface area contributed by atoms with E-state index in [1.165, 1.54) is 25.7 Å². The highest BCUT2D eigenvalue weighted by molar-refractivity contribution is 7.47. The van der Waals surface area contributed by atoms with Crippen molar-refractivity contribution in [3.8, 4) is 0 Å². The minimum absolute atomic E-state index is 0.0523. The molecule has 0 bridgehead atoms. The molecule has 8 atom stereocenters. The molecular weight excluding hydrogens is 803 g/mol. The molecule has 0 aromatic carbocycles. The van der Waals surface area contributed by atoms with Crippen LogP contribution in [0.25, 0.3) is 0 Å². The van der Waals surface area contributed by atoms with Crippen LogP contribution in [-0.2, 0) is 32.7 Å². The van der Waals surface area contributed by atoms with Crippen molar-refractivity contribution in [2.75, 3.05) is 13.2 Å². The van der Waals surface area contributed by atoms with Crippen molar-refractivity contribution in [1.82, 2.24) is 0 Å². The zero-order valence-electron chi connectivity index (χ0n) is 36.9. The van der Waals surface area contributed by atoms with E-state index in [4.69, 9.17) is 18.5 Å². The molecule has 0 spiro atoms. The molecule has 6 N–H and O–H groups in total. The fourth-order valence-corrected chi connectivity index (χ4v) is 7.34. The van der Waals surface area contributed by atoms with Crippen LogP contribution in [0.1, 0.15) is 155 Å². The molecule has 61 heavy (non-hydrogen) atoms. The van der Waals surface area contributed by atoms with Crippen LogP contribution in [0.3, 0.4) is 0 Å². The summed E-state index contributed by atoms with van der Waals surface area (Å²) in [6, 6.07) is 0. The lowest BCUT2D eigenvalue weighted by Gasteiger charge is -2.41. The molecule has 0 aromatic rings. The molecule has 0 saturated heterocycles. The first-order valence-electron chi connectivity index (χ1n) is 22.7. The number of phosphoric acid groups is 1. The number of carbonyl (C=O) groups excluding carboxylic acids is 2. The second-order valence-electron chi connectivity index (χ2n) is 15.5. The van der Waals surface area contributed by atoms with Crippen LogP contribution < -0.4 is 0 Å². The number of aliphatic hydroxyl groups is 5. The number of carbonyl (C=O) groups is 2. The van der Waals surface area contributed by atoms with Crippen LogP contribution >= 0.6 is 7.82 Å². The Bertz CT molecular complexity index is 1340. The van der Waals surface area contributed by atoms with Crippen molar-refractivity contribution < 1.29 is 63.1 Å². The first kappa shape index (κ1) is 56.3. The van der Waals surface area contributed by atoms with Gasteiger partial charge in [-0.25, -0.2) is 4.57 Å². The van der Waals surface area contributed by atoms with Crippen molar-refractivity contribution >= 4 is 19.8 Å². The Kier molecular flexibility index (Phi) is 33.9. The predicted octanol–water partition coefficient (Wildman–Crippen LogP) is 8.72. The summed E-state index contributed by atoms with van der Waals surface area (Å²) in [6.07, 6.45) is 32.4. The Labute approximate surface area is 365 Å². The molecule has 0 aromatic heterocycles. The summed E-state index contributed by atoms with van der Waals surface area (Å²) in [4.78, 5) is 35.7.